The lowest BCUT2D eigenvalue weighted by Gasteiger charge is -2.16. The minimum atomic E-state index is -0.0459. The first-order valence-corrected chi connectivity index (χ1v) is 10.0. The number of aromatic nitrogens is 2. The van der Waals surface area contributed by atoms with Crippen molar-refractivity contribution in [3.05, 3.63) is 81.6 Å². The summed E-state index contributed by atoms with van der Waals surface area (Å²) in [5, 5.41) is 9.87. The Kier molecular flexibility index (Phi) is 4.81. The highest BCUT2D eigenvalue weighted by Crippen LogP contribution is 2.38. The summed E-state index contributed by atoms with van der Waals surface area (Å²) in [5.74, 6) is -0.0459. The van der Waals surface area contributed by atoms with Crippen LogP contribution in [-0.4, -0.2) is 15.3 Å². The molecule has 0 unspecified atom stereocenters. The van der Waals surface area contributed by atoms with Crippen LogP contribution in [0.4, 0.5) is 0 Å². The Morgan fingerprint density at radius 3 is 2.31 bits per heavy atom. The predicted molar refractivity (Wildman–Crippen MR) is 118 cm³/mol. The molecule has 4 rings (SSSR count). The molecule has 0 aliphatic rings. The number of carbonyl (C=O) groups excluding carboxylic acids is 1. The highest BCUT2D eigenvalue weighted by Gasteiger charge is 2.25. The van der Waals surface area contributed by atoms with Gasteiger partial charge in [-0.15, -0.1) is 0 Å². The van der Waals surface area contributed by atoms with Gasteiger partial charge in [-0.25, -0.2) is 4.98 Å². The third-order valence-corrected chi connectivity index (χ3v) is 5.65. The number of benzene rings is 2. The summed E-state index contributed by atoms with van der Waals surface area (Å²) < 4.78 is 3.00. The molecule has 29 heavy (non-hydrogen) atoms. The molecule has 0 saturated heterocycles. The smallest absolute Gasteiger partial charge is 0.162 e. The van der Waals surface area contributed by atoms with E-state index >= 15 is 0 Å². The molecular weight excluding hydrogens is 426 g/mol. The summed E-state index contributed by atoms with van der Waals surface area (Å²) in [7, 11) is 0. The fourth-order valence-electron chi connectivity index (χ4n) is 3.90. The van der Waals surface area contributed by atoms with Gasteiger partial charge < -0.3 is 4.57 Å². The minimum Gasteiger partial charge on any atom is -0.310 e. The molecule has 4 nitrogen and oxygen atoms in total. The Hall–Kier alpha value is -3.23. The monoisotopic (exact) mass is 443 g/mol. The minimum absolute atomic E-state index is 0.0459. The summed E-state index contributed by atoms with van der Waals surface area (Å²) in [4.78, 5) is 17.3. The Labute approximate surface area is 177 Å². The normalized spacial score (nSPS) is 10.9. The molecule has 2 aromatic heterocycles. The van der Waals surface area contributed by atoms with E-state index in [0.29, 0.717) is 22.3 Å². The first-order valence-electron chi connectivity index (χ1n) is 9.22. The van der Waals surface area contributed by atoms with E-state index in [9.17, 15) is 10.1 Å². The fraction of sp³-hybridized carbons (Fsp3) is 0.125. The van der Waals surface area contributed by atoms with E-state index < -0.39 is 0 Å². The van der Waals surface area contributed by atoms with E-state index in [1.165, 1.54) is 0 Å². The molecule has 0 aliphatic carbocycles. The van der Waals surface area contributed by atoms with Crippen molar-refractivity contribution in [1.29, 1.82) is 5.26 Å². The maximum Gasteiger partial charge on any atom is 0.162 e. The van der Waals surface area contributed by atoms with Crippen molar-refractivity contribution in [3.63, 3.8) is 0 Å². The number of Topliss-reactive ketones (excluding diaryl/α,β-unsaturated/α-hetero) is 1. The highest BCUT2D eigenvalue weighted by atomic mass is 79.9. The standard InChI is InChI=1S/C24H18BrN3O/c1-14-21(16(3)29)22(17-7-5-4-6-8-17)24-23(27-14)20(13-26)15(2)28(24)19-11-9-18(25)10-12-19/h4-12H,1-3H3. The second-order valence-electron chi connectivity index (χ2n) is 6.95. The van der Waals surface area contributed by atoms with Crippen molar-refractivity contribution < 1.29 is 4.79 Å². The quantitative estimate of drug-likeness (QED) is 0.357. The average molecular weight is 444 g/mol. The number of hydrogen-bond acceptors (Lipinski definition) is 3. The van der Waals surface area contributed by atoms with Crippen LogP contribution < -0.4 is 0 Å². The van der Waals surface area contributed by atoms with E-state index in [-0.39, 0.29) is 5.78 Å². The van der Waals surface area contributed by atoms with E-state index in [1.807, 2.05) is 73.0 Å². The number of halogens is 1. The van der Waals surface area contributed by atoms with Crippen LogP contribution in [0.5, 0.6) is 0 Å². The van der Waals surface area contributed by atoms with Crippen LogP contribution in [0.15, 0.2) is 59.1 Å². The third-order valence-electron chi connectivity index (χ3n) is 5.12. The molecule has 0 saturated carbocycles. The molecule has 0 spiro atoms. The molecule has 0 aliphatic heterocycles. The van der Waals surface area contributed by atoms with E-state index in [2.05, 4.69) is 22.0 Å². The van der Waals surface area contributed by atoms with Gasteiger partial charge in [-0.3, -0.25) is 4.79 Å². The number of pyridine rings is 1. The number of ketones is 1. The molecule has 0 fully saturated rings. The molecule has 142 valence electrons. The number of fused-ring (bicyclic) bond motifs is 1. The molecule has 0 amide bonds. The Morgan fingerprint density at radius 2 is 1.72 bits per heavy atom. The van der Waals surface area contributed by atoms with Gasteiger partial charge in [0.15, 0.2) is 5.78 Å². The summed E-state index contributed by atoms with van der Waals surface area (Å²) in [5.41, 5.74) is 6.60. The molecule has 0 radical (unpaired) electrons. The van der Waals surface area contributed by atoms with Crippen molar-refractivity contribution >= 4 is 32.7 Å². The van der Waals surface area contributed by atoms with E-state index in [4.69, 9.17) is 4.98 Å². The van der Waals surface area contributed by atoms with E-state index in [0.717, 1.165) is 32.5 Å². The molecule has 2 aromatic carbocycles. The number of nitrogens with zero attached hydrogens (tertiary/aromatic N) is 3. The van der Waals surface area contributed by atoms with Gasteiger partial charge in [-0.1, -0.05) is 46.3 Å². The van der Waals surface area contributed by atoms with Crippen molar-refractivity contribution in [1.82, 2.24) is 9.55 Å². The van der Waals surface area contributed by atoms with Crippen molar-refractivity contribution in [2.75, 3.05) is 0 Å². The van der Waals surface area contributed by atoms with Crippen LogP contribution in [0.3, 0.4) is 0 Å². The molecular formula is C24H18BrN3O. The van der Waals surface area contributed by atoms with Gasteiger partial charge >= 0.3 is 0 Å². The zero-order chi connectivity index (χ0) is 20.7. The lowest BCUT2D eigenvalue weighted by Crippen LogP contribution is -2.06. The van der Waals surface area contributed by atoms with Crippen LogP contribution in [0, 0.1) is 25.2 Å². The van der Waals surface area contributed by atoms with Crippen LogP contribution in [0.1, 0.15) is 34.2 Å². The summed E-state index contributed by atoms with van der Waals surface area (Å²) in [6.07, 6.45) is 0. The topological polar surface area (TPSA) is 58.7 Å². The predicted octanol–water partition coefficient (Wildman–Crippen LogP) is 6.15. The van der Waals surface area contributed by atoms with Gasteiger partial charge in [0.2, 0.25) is 0 Å². The summed E-state index contributed by atoms with van der Waals surface area (Å²) in [6, 6.07) is 20.0. The molecule has 0 atom stereocenters. The van der Waals surface area contributed by atoms with Crippen molar-refractivity contribution in [2.24, 2.45) is 0 Å². The lowest BCUT2D eigenvalue weighted by molar-refractivity contribution is 0.101. The van der Waals surface area contributed by atoms with Gasteiger partial charge in [0, 0.05) is 32.7 Å². The zero-order valence-electron chi connectivity index (χ0n) is 16.3. The zero-order valence-corrected chi connectivity index (χ0v) is 17.9. The third kappa shape index (κ3) is 3.06. The molecule has 0 bridgehead atoms. The SMILES string of the molecule is CC(=O)c1c(C)nc2c(C#N)c(C)n(-c3ccc(Br)cc3)c2c1-c1ccccc1. The molecule has 4 aromatic rings. The van der Waals surface area contributed by atoms with Gasteiger partial charge in [0.05, 0.1) is 11.1 Å². The molecule has 2 heterocycles. The second-order valence-corrected chi connectivity index (χ2v) is 7.87. The van der Waals surface area contributed by atoms with Gasteiger partial charge in [0.1, 0.15) is 11.6 Å². The lowest BCUT2D eigenvalue weighted by atomic mass is 9.95. The Morgan fingerprint density at radius 1 is 1.07 bits per heavy atom. The fourth-order valence-corrected chi connectivity index (χ4v) is 4.16. The number of rotatable bonds is 3. The van der Waals surface area contributed by atoms with E-state index in [1.54, 1.807) is 6.92 Å². The number of hydrogen-bond donors (Lipinski definition) is 0. The molecule has 5 heteroatoms. The van der Waals surface area contributed by atoms with Gasteiger partial charge in [0.25, 0.3) is 0 Å². The van der Waals surface area contributed by atoms with Gasteiger partial charge in [-0.2, -0.15) is 5.26 Å². The number of carbonyl (C=O) groups is 1. The number of aryl methyl sites for hydroxylation is 1. The van der Waals surface area contributed by atoms with Crippen LogP contribution in [0.2, 0.25) is 0 Å². The van der Waals surface area contributed by atoms with Crippen molar-refractivity contribution in [3.8, 4) is 22.9 Å². The van der Waals surface area contributed by atoms with Crippen LogP contribution in [0.25, 0.3) is 27.8 Å². The first-order chi connectivity index (χ1) is 13.9. The van der Waals surface area contributed by atoms with Gasteiger partial charge in [-0.05, 0) is 50.6 Å². The summed E-state index contributed by atoms with van der Waals surface area (Å²) >= 11 is 3.48. The largest absolute Gasteiger partial charge is 0.310 e. The Bertz CT molecular complexity index is 1300. The van der Waals surface area contributed by atoms with Crippen LogP contribution in [-0.2, 0) is 0 Å². The highest BCUT2D eigenvalue weighted by molar-refractivity contribution is 9.10. The number of nitriles is 1. The summed E-state index contributed by atoms with van der Waals surface area (Å²) in [6.45, 7) is 5.31. The maximum absolute atomic E-state index is 12.6. The average Bonchev–Trinajstić information content (AvgIpc) is 2.98. The Balaban J connectivity index is 2.27. The van der Waals surface area contributed by atoms with Crippen molar-refractivity contribution in [2.45, 2.75) is 20.8 Å². The second kappa shape index (κ2) is 7.31. The van der Waals surface area contributed by atoms with Crippen LogP contribution >= 0.6 is 15.9 Å². The first kappa shape index (κ1) is 19.1. The maximum atomic E-state index is 12.6. The molecule has 0 N–H and O–H groups in total.